The molecule has 2 aliphatic rings. The Kier molecular flexibility index (Phi) is 2.33. The highest BCUT2D eigenvalue weighted by Crippen LogP contribution is 2.54. The van der Waals surface area contributed by atoms with Crippen molar-refractivity contribution in [3.8, 4) is 0 Å². The van der Waals surface area contributed by atoms with E-state index in [-0.39, 0.29) is 0 Å². The maximum Gasteiger partial charge on any atom is 0.0563 e. The second kappa shape index (κ2) is 3.14. The number of hydrogen-bond donors (Lipinski definition) is 0. The summed E-state index contributed by atoms with van der Waals surface area (Å²) in [7, 11) is 0. The highest BCUT2D eigenvalue weighted by atomic mass is 32.4. The molecule has 0 atom stereocenters. The zero-order chi connectivity index (χ0) is 7.73. The summed E-state index contributed by atoms with van der Waals surface area (Å²) in [5.74, 6) is 0. The number of fused-ring (bicyclic) bond motifs is 1. The Morgan fingerprint density at radius 2 is 1.64 bits per heavy atom. The van der Waals surface area contributed by atoms with E-state index in [1.807, 2.05) is 0 Å². The minimum Gasteiger partial charge on any atom is -0.380 e. The molecule has 0 spiro atoms. The van der Waals surface area contributed by atoms with Crippen LogP contribution in [0.4, 0.5) is 0 Å². The van der Waals surface area contributed by atoms with Gasteiger partial charge in [0.1, 0.15) is 0 Å². The van der Waals surface area contributed by atoms with E-state index < -0.39 is 6.04 Å². The SMILES string of the molecule is S=P12CCOCC1COCC2. The third-order valence-electron chi connectivity index (χ3n) is 2.51. The third kappa shape index (κ3) is 1.52. The Morgan fingerprint density at radius 1 is 1.09 bits per heavy atom. The minimum absolute atomic E-state index is 0.583. The van der Waals surface area contributed by atoms with Crippen LogP contribution in [-0.2, 0) is 21.3 Å². The van der Waals surface area contributed by atoms with Gasteiger partial charge in [-0.3, -0.25) is 0 Å². The number of ether oxygens (including phenoxy) is 2. The van der Waals surface area contributed by atoms with Crippen molar-refractivity contribution in [1.29, 1.82) is 0 Å². The van der Waals surface area contributed by atoms with E-state index in [2.05, 4.69) is 0 Å². The molecule has 2 heterocycles. The van der Waals surface area contributed by atoms with Crippen molar-refractivity contribution in [3.63, 3.8) is 0 Å². The fourth-order valence-electron chi connectivity index (χ4n) is 1.67. The molecule has 0 aromatic rings. The van der Waals surface area contributed by atoms with Crippen molar-refractivity contribution in [2.24, 2.45) is 0 Å². The van der Waals surface area contributed by atoms with Gasteiger partial charge in [-0.2, -0.15) is 0 Å². The van der Waals surface area contributed by atoms with Gasteiger partial charge >= 0.3 is 0 Å². The first kappa shape index (κ1) is 8.18. The Hall–Kier alpha value is 0.570. The van der Waals surface area contributed by atoms with E-state index in [0.717, 1.165) is 38.8 Å². The van der Waals surface area contributed by atoms with E-state index >= 15 is 0 Å². The van der Waals surface area contributed by atoms with Crippen molar-refractivity contribution < 1.29 is 9.47 Å². The molecule has 0 saturated carbocycles. The molecule has 0 unspecified atom stereocenters. The molecule has 64 valence electrons. The first-order chi connectivity index (χ1) is 5.31. The molecule has 2 nitrogen and oxygen atoms in total. The van der Waals surface area contributed by atoms with E-state index in [4.69, 9.17) is 21.3 Å². The number of rotatable bonds is 0. The first-order valence-electron chi connectivity index (χ1n) is 4.04. The lowest BCUT2D eigenvalue weighted by atomic mass is 10.4. The summed E-state index contributed by atoms with van der Waals surface area (Å²) in [6.07, 6.45) is 2.30. The maximum absolute atomic E-state index is 5.68. The molecule has 0 aromatic carbocycles. The topological polar surface area (TPSA) is 18.5 Å². The highest BCUT2D eigenvalue weighted by molar-refractivity contribution is 8.15. The number of hydrogen-bond acceptors (Lipinski definition) is 3. The fraction of sp³-hybridized carbons (Fsp3) is 1.00. The Labute approximate surface area is 72.3 Å². The lowest BCUT2D eigenvalue weighted by Gasteiger charge is -2.38. The molecule has 2 saturated heterocycles. The van der Waals surface area contributed by atoms with Crippen LogP contribution >= 0.6 is 6.04 Å². The maximum atomic E-state index is 5.68. The van der Waals surface area contributed by atoms with Gasteiger partial charge in [0.15, 0.2) is 0 Å². The molecule has 2 rings (SSSR count). The second-order valence-electron chi connectivity index (χ2n) is 3.20. The molecule has 0 aromatic heterocycles. The predicted molar refractivity (Wildman–Crippen MR) is 49.4 cm³/mol. The normalized spacial score (nSPS) is 44.9. The summed E-state index contributed by atoms with van der Waals surface area (Å²) in [6.45, 7) is 3.51. The predicted octanol–water partition coefficient (Wildman–Crippen LogP) is 0.895. The second-order valence-corrected chi connectivity index (χ2v) is 8.91. The lowest BCUT2D eigenvalue weighted by molar-refractivity contribution is 0.0813. The smallest absolute Gasteiger partial charge is 0.0563 e. The summed E-state index contributed by atoms with van der Waals surface area (Å²) >= 11 is 5.68. The van der Waals surface area contributed by atoms with Gasteiger partial charge < -0.3 is 9.47 Å². The molecule has 4 heteroatoms. The first-order valence-corrected chi connectivity index (χ1v) is 7.29. The molecule has 0 radical (unpaired) electrons. The minimum atomic E-state index is -1.03. The molecule has 2 aliphatic heterocycles. The van der Waals surface area contributed by atoms with Crippen LogP contribution in [0.25, 0.3) is 0 Å². The van der Waals surface area contributed by atoms with Crippen LogP contribution in [0.1, 0.15) is 0 Å². The van der Waals surface area contributed by atoms with Gasteiger partial charge in [0.25, 0.3) is 0 Å². The van der Waals surface area contributed by atoms with Crippen molar-refractivity contribution in [2.75, 3.05) is 38.8 Å². The van der Waals surface area contributed by atoms with Gasteiger partial charge in [-0.15, -0.1) is 0 Å². The highest BCUT2D eigenvalue weighted by Gasteiger charge is 2.34. The molecule has 0 bridgehead atoms. The average Bonchev–Trinajstić information content (AvgIpc) is 2.03. The molecule has 0 amide bonds. The Morgan fingerprint density at radius 3 is 2.09 bits per heavy atom. The summed E-state index contributed by atoms with van der Waals surface area (Å²) in [5.41, 5.74) is 0.583. The monoisotopic (exact) mass is 192 g/mol. The van der Waals surface area contributed by atoms with Crippen LogP contribution in [0.3, 0.4) is 0 Å². The van der Waals surface area contributed by atoms with Crippen molar-refractivity contribution in [2.45, 2.75) is 5.66 Å². The van der Waals surface area contributed by atoms with Gasteiger partial charge in [-0.1, -0.05) is 11.8 Å². The van der Waals surface area contributed by atoms with Crippen molar-refractivity contribution >= 4 is 17.8 Å². The quantitative estimate of drug-likeness (QED) is 0.531. The van der Waals surface area contributed by atoms with Crippen molar-refractivity contribution in [3.05, 3.63) is 0 Å². The molecule has 0 N–H and O–H groups in total. The Bertz CT molecular complexity index is 179. The molecule has 2 fully saturated rings. The molecular weight excluding hydrogens is 179 g/mol. The summed E-state index contributed by atoms with van der Waals surface area (Å²) in [5, 5.41) is 0. The van der Waals surface area contributed by atoms with E-state index in [0.29, 0.717) is 5.66 Å². The molecular formula is C7H13O2PS. The largest absolute Gasteiger partial charge is 0.380 e. The summed E-state index contributed by atoms with van der Waals surface area (Å²) < 4.78 is 10.8. The average molecular weight is 192 g/mol. The van der Waals surface area contributed by atoms with Crippen LogP contribution in [0.15, 0.2) is 0 Å². The van der Waals surface area contributed by atoms with Crippen LogP contribution in [0.2, 0.25) is 0 Å². The zero-order valence-corrected chi connectivity index (χ0v) is 8.20. The van der Waals surface area contributed by atoms with E-state index in [9.17, 15) is 0 Å². The van der Waals surface area contributed by atoms with Gasteiger partial charge in [0.2, 0.25) is 0 Å². The van der Waals surface area contributed by atoms with E-state index in [1.54, 1.807) is 0 Å². The van der Waals surface area contributed by atoms with E-state index in [1.165, 1.54) is 0 Å². The fourth-order valence-corrected chi connectivity index (χ4v) is 5.07. The van der Waals surface area contributed by atoms with Gasteiger partial charge in [-0.05, 0) is 6.04 Å². The summed E-state index contributed by atoms with van der Waals surface area (Å²) in [4.78, 5) is 0. The molecule has 0 aliphatic carbocycles. The van der Waals surface area contributed by atoms with Crippen LogP contribution < -0.4 is 0 Å². The van der Waals surface area contributed by atoms with Crippen molar-refractivity contribution in [1.82, 2.24) is 0 Å². The van der Waals surface area contributed by atoms with Crippen LogP contribution in [0, 0.1) is 0 Å². The van der Waals surface area contributed by atoms with Crippen LogP contribution in [-0.4, -0.2) is 44.4 Å². The molecule has 11 heavy (non-hydrogen) atoms. The Balaban J connectivity index is 2.13. The standard InChI is InChI=1S/C7H13O2PS/c11-10-3-1-8-5-7(10)6-9-2-4-10/h7H,1-6H2. The third-order valence-corrected chi connectivity index (χ3v) is 8.01. The summed E-state index contributed by atoms with van der Waals surface area (Å²) in [6, 6.07) is -1.03. The zero-order valence-electron chi connectivity index (χ0n) is 6.49. The van der Waals surface area contributed by atoms with Crippen LogP contribution in [0.5, 0.6) is 0 Å². The van der Waals surface area contributed by atoms with Gasteiger partial charge in [-0.25, -0.2) is 0 Å². The van der Waals surface area contributed by atoms with Gasteiger partial charge in [0.05, 0.1) is 26.4 Å². The lowest BCUT2D eigenvalue weighted by Crippen LogP contribution is -2.35. The van der Waals surface area contributed by atoms with Gasteiger partial charge in [0, 0.05) is 18.0 Å².